The third-order valence-corrected chi connectivity index (χ3v) is 0. The third-order valence-electron chi connectivity index (χ3n) is 0. The van der Waals surface area contributed by atoms with Crippen LogP contribution in [0.2, 0.25) is 0 Å². The molecule has 0 amide bonds. The Balaban J connectivity index is 0. The zero-order valence-corrected chi connectivity index (χ0v) is 8.47. The van der Waals surface area contributed by atoms with Crippen LogP contribution in [0, 0.1) is 0 Å². The molecule has 0 saturated carbocycles. The van der Waals surface area contributed by atoms with Crippen LogP contribution in [0.5, 0.6) is 0 Å². The van der Waals surface area contributed by atoms with Crippen LogP contribution in [0.15, 0.2) is 0 Å². The van der Waals surface area contributed by atoms with Crippen LogP contribution in [0.3, 0.4) is 0 Å². The Morgan fingerprint density at radius 1 is 1.00 bits per heavy atom. The van der Waals surface area contributed by atoms with E-state index in [1.807, 2.05) is 0 Å². The molecule has 0 spiro atoms. The number of aliphatic hydroxyl groups is 1. The van der Waals surface area contributed by atoms with Crippen molar-refractivity contribution in [2.45, 2.75) is 26.4 Å². The predicted octanol–water partition coefficient (Wildman–Crippen LogP) is 0.299. The molecule has 0 aliphatic heterocycles. The fraction of sp³-hybridized carbons (Fsp3) is 1.00. The molecule has 0 fully saturated rings. The van der Waals surface area contributed by atoms with Crippen molar-refractivity contribution in [3.05, 3.63) is 0 Å². The molecule has 64 valence electrons. The van der Waals surface area contributed by atoms with Crippen LogP contribution >= 0.6 is 0 Å². The van der Waals surface area contributed by atoms with Crippen molar-refractivity contribution in [3.8, 4) is 0 Å². The van der Waals surface area contributed by atoms with Crippen LogP contribution in [0.4, 0.5) is 0 Å². The molecule has 0 aliphatic rings. The maximum absolute atomic E-state index is 8.63. The van der Waals surface area contributed by atoms with Gasteiger partial charge in [0.05, 0.1) is 5.60 Å². The molecule has 0 aromatic carbocycles. The molecule has 10 heavy (non-hydrogen) atoms. The van der Waals surface area contributed by atoms with Crippen LogP contribution < -0.4 is 0 Å². The van der Waals surface area contributed by atoms with E-state index in [0.29, 0.717) is 0 Å². The first-order valence-corrected chi connectivity index (χ1v) is 6.45. The zero-order chi connectivity index (χ0) is 9.00. The number of hydrogen-bond donors (Lipinski definition) is 1. The summed E-state index contributed by atoms with van der Waals surface area (Å²) in [7, 11) is 0. The van der Waals surface area contributed by atoms with E-state index in [9.17, 15) is 0 Å². The first kappa shape index (κ1) is 12.5. The van der Waals surface area contributed by atoms with Gasteiger partial charge in [-0.05, 0) is 20.8 Å². The Bertz CT molecular complexity index is 226. The molecule has 0 radical (unpaired) electrons. The molecule has 0 atom stereocenters. The Kier molecular flexibility index (Phi) is 4.79. The molecule has 0 heterocycles. The van der Waals surface area contributed by atoms with E-state index in [4.69, 9.17) is 19.3 Å². The summed E-state index contributed by atoms with van der Waals surface area (Å²) in [6, 6.07) is 0. The molecule has 0 aromatic heterocycles. The third kappa shape index (κ3) is 8680. The van der Waals surface area contributed by atoms with E-state index in [1.165, 1.54) is 0 Å². The van der Waals surface area contributed by atoms with Crippen molar-refractivity contribution >= 4 is 0 Å². The SMILES string of the molecule is CC(C)(C)O.[O]=[Os](=[O])(=[O])=[O]. The van der Waals surface area contributed by atoms with E-state index in [0.717, 1.165) is 0 Å². The van der Waals surface area contributed by atoms with E-state index >= 15 is 0 Å². The van der Waals surface area contributed by atoms with E-state index < -0.39 is 20.4 Å². The topological polar surface area (TPSA) is 88.5 Å². The second-order valence-corrected chi connectivity index (χ2v) is 5.06. The standard InChI is InChI=1S/C4H10O.4O.Os/c1-4(2,3)5;;;;;/h5H,1-3H3;;;;;. The fourth-order valence-electron chi connectivity index (χ4n) is 0. The molecule has 0 rings (SSSR count). The van der Waals surface area contributed by atoms with Gasteiger partial charge in [-0.3, -0.25) is 0 Å². The molecule has 0 aromatic rings. The van der Waals surface area contributed by atoms with Crippen molar-refractivity contribution in [2.75, 3.05) is 0 Å². The van der Waals surface area contributed by atoms with Gasteiger partial charge in [0.1, 0.15) is 0 Å². The van der Waals surface area contributed by atoms with E-state index in [2.05, 4.69) is 0 Å². The van der Waals surface area contributed by atoms with Crippen LogP contribution in [-0.4, -0.2) is 10.7 Å². The molecule has 6 heteroatoms. The van der Waals surface area contributed by atoms with E-state index in [1.54, 1.807) is 20.8 Å². The van der Waals surface area contributed by atoms with Gasteiger partial charge in [0.2, 0.25) is 0 Å². The van der Waals surface area contributed by atoms with Crippen LogP contribution in [-0.2, 0) is 29.0 Å². The first-order valence-electron chi connectivity index (χ1n) is 2.30. The molecule has 5 nitrogen and oxygen atoms in total. The average Bonchev–Trinajstić information content (AvgIpc) is 1.12. The summed E-state index contributed by atoms with van der Waals surface area (Å²) in [6.45, 7) is 5.23. The zero-order valence-electron chi connectivity index (χ0n) is 5.93. The van der Waals surface area contributed by atoms with Crippen molar-refractivity contribution in [1.29, 1.82) is 0 Å². The second kappa shape index (κ2) is 3.84. The maximum atomic E-state index is 8.63. The minimum atomic E-state index is -6.06. The summed E-state index contributed by atoms with van der Waals surface area (Å²) in [5, 5.41) is 8.52. The molecule has 0 unspecified atom stereocenters. The molecule has 0 saturated heterocycles. The van der Waals surface area contributed by atoms with Gasteiger partial charge in [0.25, 0.3) is 0 Å². The first-order chi connectivity index (χ1) is 4.00. The Labute approximate surface area is 61.0 Å². The number of hydrogen-bond acceptors (Lipinski definition) is 5. The fourth-order valence-corrected chi connectivity index (χ4v) is 0. The van der Waals surface area contributed by atoms with Crippen molar-refractivity contribution in [1.82, 2.24) is 0 Å². The number of rotatable bonds is 0. The molecular weight excluding hydrogens is 318 g/mol. The Morgan fingerprint density at radius 3 is 1.00 bits per heavy atom. The summed E-state index contributed by atoms with van der Waals surface area (Å²) >= 11 is -6.06. The van der Waals surface area contributed by atoms with Gasteiger partial charge in [-0.15, -0.1) is 0 Å². The Hall–Kier alpha value is -0.204. The Morgan fingerprint density at radius 2 is 1.00 bits per heavy atom. The van der Waals surface area contributed by atoms with Gasteiger partial charge in [-0.25, -0.2) is 0 Å². The van der Waals surface area contributed by atoms with Gasteiger partial charge in [-0.2, -0.15) is 0 Å². The molecular formula is C4H10O5Os. The summed E-state index contributed by atoms with van der Waals surface area (Å²) < 4.78 is 34.5. The quantitative estimate of drug-likeness (QED) is 0.691. The summed E-state index contributed by atoms with van der Waals surface area (Å²) in [5.74, 6) is 0. The summed E-state index contributed by atoms with van der Waals surface area (Å²) in [5.41, 5.74) is -0.500. The van der Waals surface area contributed by atoms with Gasteiger partial charge >= 0.3 is 29.0 Å². The van der Waals surface area contributed by atoms with Crippen molar-refractivity contribution in [2.24, 2.45) is 0 Å². The van der Waals surface area contributed by atoms with Gasteiger partial charge in [-0.1, -0.05) is 0 Å². The van der Waals surface area contributed by atoms with Crippen molar-refractivity contribution in [3.63, 3.8) is 0 Å². The normalized spacial score (nSPS) is 11.6. The average molecular weight is 328 g/mol. The summed E-state index contributed by atoms with van der Waals surface area (Å²) in [6.07, 6.45) is 0. The minimum absolute atomic E-state index is 0.500. The molecule has 0 bridgehead atoms. The van der Waals surface area contributed by atoms with Gasteiger partial charge in [0.15, 0.2) is 0 Å². The van der Waals surface area contributed by atoms with Crippen LogP contribution in [0.25, 0.3) is 0 Å². The summed E-state index contributed by atoms with van der Waals surface area (Å²) in [4.78, 5) is 0. The predicted molar refractivity (Wildman–Crippen MR) is 24.7 cm³/mol. The van der Waals surface area contributed by atoms with Crippen molar-refractivity contribution < 1.29 is 34.1 Å². The molecule has 0 aliphatic carbocycles. The van der Waals surface area contributed by atoms with Crippen LogP contribution in [0.1, 0.15) is 20.8 Å². The van der Waals surface area contributed by atoms with Gasteiger partial charge in [0, 0.05) is 0 Å². The van der Waals surface area contributed by atoms with E-state index in [-0.39, 0.29) is 0 Å². The second-order valence-electron chi connectivity index (χ2n) is 2.52. The van der Waals surface area contributed by atoms with Gasteiger partial charge < -0.3 is 5.11 Å². The molecule has 1 N–H and O–H groups in total. The monoisotopic (exact) mass is 330 g/mol.